The summed E-state index contributed by atoms with van der Waals surface area (Å²) >= 11 is 0. The van der Waals surface area contributed by atoms with E-state index in [-0.39, 0.29) is 40.7 Å². The van der Waals surface area contributed by atoms with Gasteiger partial charge in [-0.3, -0.25) is 9.59 Å². The Kier molecular flexibility index (Phi) is 2.00. The zero-order valence-electron chi connectivity index (χ0n) is 12.0. The van der Waals surface area contributed by atoms with Crippen LogP contribution < -0.4 is 11.1 Å². The molecule has 0 radical (unpaired) electrons. The highest BCUT2D eigenvalue weighted by molar-refractivity contribution is 5.17. The van der Waals surface area contributed by atoms with Crippen LogP contribution >= 0.6 is 0 Å². The lowest BCUT2D eigenvalue weighted by Crippen LogP contribution is -2.67. The summed E-state index contributed by atoms with van der Waals surface area (Å²) in [7, 11) is 0. The van der Waals surface area contributed by atoms with Crippen molar-refractivity contribution in [3.8, 4) is 0 Å². The van der Waals surface area contributed by atoms with Crippen molar-refractivity contribution in [1.29, 1.82) is 0 Å². The third kappa shape index (κ3) is 1.17. The molecular formula is C15H18N4O2. The maximum Gasteiger partial charge on any atom is 0.265 e. The molecule has 2 aliphatic carbocycles. The third-order valence-electron chi connectivity index (χ3n) is 6.47. The first-order valence-electron chi connectivity index (χ1n) is 7.86. The van der Waals surface area contributed by atoms with E-state index in [4.69, 9.17) is 0 Å². The first kappa shape index (κ1) is 11.9. The van der Waals surface area contributed by atoms with Crippen LogP contribution in [-0.4, -0.2) is 21.4 Å². The molecule has 21 heavy (non-hydrogen) atoms. The number of fused-ring (bicyclic) bond motifs is 2. The topological polar surface area (TPSA) is 68.7 Å². The summed E-state index contributed by atoms with van der Waals surface area (Å²) in [5, 5.41) is 9.01. The Bertz CT molecular complexity index is 779. The average molecular weight is 286 g/mol. The number of aromatic nitrogens is 2. The molecule has 0 saturated heterocycles. The molecule has 6 heteroatoms. The monoisotopic (exact) mass is 286 g/mol. The first-order chi connectivity index (χ1) is 10.1. The molecule has 6 nitrogen and oxygen atoms in total. The molecule has 4 aliphatic heterocycles. The lowest BCUT2D eigenvalue weighted by atomic mass is 9.51. The van der Waals surface area contributed by atoms with Gasteiger partial charge in [0.15, 0.2) is 0 Å². The van der Waals surface area contributed by atoms with Gasteiger partial charge in [0.2, 0.25) is 0 Å². The zero-order chi connectivity index (χ0) is 14.4. The minimum atomic E-state index is -0.0534. The number of nitrogens with zero attached hydrogens (tertiary/aromatic N) is 4. The van der Waals surface area contributed by atoms with Gasteiger partial charge in [-0.15, -0.1) is 0 Å². The molecule has 110 valence electrons. The van der Waals surface area contributed by atoms with Gasteiger partial charge in [-0.2, -0.15) is 10.2 Å². The van der Waals surface area contributed by atoms with Gasteiger partial charge in [0.25, 0.3) is 11.1 Å². The van der Waals surface area contributed by atoms with Crippen molar-refractivity contribution in [3.05, 3.63) is 32.8 Å². The summed E-state index contributed by atoms with van der Waals surface area (Å²) in [5.41, 5.74) is -0.127. The van der Waals surface area contributed by atoms with E-state index < -0.39 is 0 Å². The maximum atomic E-state index is 12.4. The second kappa shape index (κ2) is 3.54. The van der Waals surface area contributed by atoms with E-state index in [1.54, 1.807) is 9.36 Å². The maximum absolute atomic E-state index is 12.4. The van der Waals surface area contributed by atoms with Crippen molar-refractivity contribution in [2.45, 2.75) is 56.8 Å². The lowest BCUT2D eigenvalue weighted by Gasteiger charge is -2.63. The number of hydrogen-bond donors (Lipinski definition) is 0. The van der Waals surface area contributed by atoms with Crippen molar-refractivity contribution in [2.75, 3.05) is 0 Å². The lowest BCUT2D eigenvalue weighted by molar-refractivity contribution is -0.123. The van der Waals surface area contributed by atoms with Crippen molar-refractivity contribution in [2.24, 2.45) is 21.6 Å². The van der Waals surface area contributed by atoms with Gasteiger partial charge in [-0.25, -0.2) is 9.36 Å². The molecule has 1 aromatic rings. The highest BCUT2D eigenvalue weighted by Gasteiger charge is 2.64. The summed E-state index contributed by atoms with van der Waals surface area (Å²) in [6.45, 7) is 2.27. The van der Waals surface area contributed by atoms with E-state index in [0.29, 0.717) is 5.92 Å². The molecule has 0 unspecified atom stereocenters. The normalized spacial score (nSPS) is 45.5. The molecule has 1 aromatic heterocycles. The molecular weight excluding hydrogens is 268 g/mol. The van der Waals surface area contributed by atoms with Crippen molar-refractivity contribution >= 4 is 0 Å². The fourth-order valence-corrected chi connectivity index (χ4v) is 5.66. The van der Waals surface area contributed by atoms with Gasteiger partial charge >= 0.3 is 0 Å². The van der Waals surface area contributed by atoms with Crippen LogP contribution in [0.4, 0.5) is 0 Å². The van der Waals surface area contributed by atoms with E-state index in [0.717, 1.165) is 25.7 Å². The number of hydrogen-bond acceptors (Lipinski definition) is 4. The first-order valence-corrected chi connectivity index (χ1v) is 7.86. The zero-order valence-corrected chi connectivity index (χ0v) is 12.0. The van der Waals surface area contributed by atoms with E-state index in [2.05, 4.69) is 17.2 Å². The predicted molar refractivity (Wildman–Crippen MR) is 75.5 cm³/mol. The fraction of sp³-hybridized carbons (Fsp3) is 0.733. The molecule has 0 amide bonds. The van der Waals surface area contributed by atoms with E-state index in [1.165, 1.54) is 12.1 Å². The van der Waals surface area contributed by atoms with Crippen LogP contribution in [0.3, 0.4) is 0 Å². The molecule has 0 aromatic carbocycles. The third-order valence-corrected chi connectivity index (χ3v) is 6.47. The van der Waals surface area contributed by atoms with E-state index in [1.807, 2.05) is 0 Å². The van der Waals surface area contributed by atoms with Crippen LogP contribution in [0.5, 0.6) is 0 Å². The highest BCUT2D eigenvalue weighted by atomic mass is 16.2. The summed E-state index contributed by atoms with van der Waals surface area (Å²) in [4.78, 5) is 24.7. The molecule has 2 fully saturated rings. The van der Waals surface area contributed by atoms with Crippen LogP contribution in [0.15, 0.2) is 32.0 Å². The fourth-order valence-electron chi connectivity index (χ4n) is 5.66. The Balaban J connectivity index is 1.85. The SMILES string of the molecule is C[C@@]12[C@@H]([C@H]3CC[C@@H]1N=N3)[C@@H]1CC[C@H]2n2c(=O)ccc(=O)n21. The Morgan fingerprint density at radius 3 is 2.52 bits per heavy atom. The Hall–Kier alpha value is -1.72. The van der Waals surface area contributed by atoms with Gasteiger partial charge in [-0.05, 0) is 25.7 Å². The average Bonchev–Trinajstić information content (AvgIpc) is 2.51. The van der Waals surface area contributed by atoms with Crippen LogP contribution in [0.2, 0.25) is 0 Å². The van der Waals surface area contributed by atoms with Crippen molar-refractivity contribution < 1.29 is 0 Å². The second-order valence-electron chi connectivity index (χ2n) is 7.14. The molecule has 6 aliphatic rings. The summed E-state index contributed by atoms with van der Waals surface area (Å²) < 4.78 is 3.47. The quantitative estimate of drug-likeness (QED) is 0.725. The van der Waals surface area contributed by atoms with Gasteiger partial charge in [-0.1, -0.05) is 6.92 Å². The Morgan fingerprint density at radius 2 is 1.81 bits per heavy atom. The van der Waals surface area contributed by atoms with Gasteiger partial charge in [0, 0.05) is 23.5 Å². The summed E-state index contributed by atoms with van der Waals surface area (Å²) in [5.74, 6) is 0.354. The number of azo groups is 1. The highest BCUT2D eigenvalue weighted by Crippen LogP contribution is 2.63. The Labute approximate surface area is 121 Å². The van der Waals surface area contributed by atoms with Crippen molar-refractivity contribution in [1.82, 2.24) is 9.36 Å². The molecule has 6 atom stereocenters. The van der Waals surface area contributed by atoms with Crippen LogP contribution in [0.25, 0.3) is 0 Å². The van der Waals surface area contributed by atoms with Crippen molar-refractivity contribution in [3.63, 3.8) is 0 Å². The summed E-state index contributed by atoms with van der Waals surface area (Å²) in [6, 6.07) is 3.45. The molecule has 7 rings (SSSR count). The van der Waals surface area contributed by atoms with E-state index in [9.17, 15) is 9.59 Å². The Morgan fingerprint density at radius 1 is 1.05 bits per heavy atom. The van der Waals surface area contributed by atoms with Gasteiger partial charge in [0.05, 0.1) is 24.2 Å². The summed E-state index contributed by atoms with van der Waals surface area (Å²) in [6.07, 6.45) is 4.09. The largest absolute Gasteiger partial charge is 0.268 e. The molecule has 5 heterocycles. The number of rotatable bonds is 0. The van der Waals surface area contributed by atoms with Crippen LogP contribution in [0, 0.1) is 11.3 Å². The molecule has 4 bridgehead atoms. The second-order valence-corrected chi connectivity index (χ2v) is 7.14. The van der Waals surface area contributed by atoms with Gasteiger partial charge in [0.1, 0.15) is 0 Å². The smallest absolute Gasteiger partial charge is 0.265 e. The van der Waals surface area contributed by atoms with Crippen LogP contribution in [0.1, 0.15) is 44.7 Å². The predicted octanol–water partition coefficient (Wildman–Crippen LogP) is 1.52. The van der Waals surface area contributed by atoms with Gasteiger partial charge < -0.3 is 0 Å². The molecule has 0 spiro atoms. The standard InChI is InChI=1S/C15H18N4O2/c1-15-10-4-2-8(16-17-10)14(15)9-3-5-11(15)19-13(21)7-6-12(20)18(9)19/h6-11,14H,2-5H2,1H3/t8-,9+,10+,11-,14+,15-/m1/s1. The van der Waals surface area contributed by atoms with Crippen LogP contribution in [-0.2, 0) is 0 Å². The molecule has 2 saturated carbocycles. The van der Waals surface area contributed by atoms with E-state index >= 15 is 0 Å². The minimum Gasteiger partial charge on any atom is -0.268 e. The molecule has 0 N–H and O–H groups in total. The minimum absolute atomic E-state index is 0.0226.